The minimum Gasteiger partial charge on any atom is -0.480 e. The third-order valence-electron chi connectivity index (χ3n) is 5.20. The summed E-state index contributed by atoms with van der Waals surface area (Å²) in [6.45, 7) is 0.624. The fourth-order valence-electron chi connectivity index (χ4n) is 3.65. The highest BCUT2D eigenvalue weighted by Crippen LogP contribution is 2.30. The first-order valence-corrected chi connectivity index (χ1v) is 10.00. The highest BCUT2D eigenvalue weighted by atomic mass is 16.6. The Morgan fingerprint density at radius 1 is 0.828 bits per heavy atom. The summed E-state index contributed by atoms with van der Waals surface area (Å²) in [6, 6.07) is 18.9. The smallest absolute Gasteiger partial charge is 0.418 e. The second-order valence-electron chi connectivity index (χ2n) is 7.38. The van der Waals surface area contributed by atoms with Gasteiger partial charge in [-0.05, 0) is 61.8 Å². The SMILES string of the molecule is O=C(O)COC[C@H]1CC[C@H](COC(=O)N(c2ccccc2)c2ccccc2)CC1. The van der Waals surface area contributed by atoms with Gasteiger partial charge >= 0.3 is 12.1 Å². The molecule has 3 rings (SSSR count). The molecule has 1 aliphatic rings. The quantitative estimate of drug-likeness (QED) is 0.688. The van der Waals surface area contributed by atoms with E-state index in [4.69, 9.17) is 14.6 Å². The number of carbonyl (C=O) groups is 2. The third kappa shape index (κ3) is 6.32. The van der Waals surface area contributed by atoms with Crippen LogP contribution in [0.25, 0.3) is 0 Å². The lowest BCUT2D eigenvalue weighted by molar-refractivity contribution is -0.142. The van der Waals surface area contributed by atoms with E-state index in [1.54, 1.807) is 4.90 Å². The molecular formula is C23H27NO5. The molecule has 1 aliphatic carbocycles. The van der Waals surface area contributed by atoms with E-state index >= 15 is 0 Å². The Balaban J connectivity index is 1.52. The number of carbonyl (C=O) groups excluding carboxylic acids is 1. The number of carboxylic acids is 1. The number of hydrogen-bond acceptors (Lipinski definition) is 4. The zero-order chi connectivity index (χ0) is 20.5. The normalized spacial score (nSPS) is 18.8. The van der Waals surface area contributed by atoms with Gasteiger partial charge in [0.2, 0.25) is 0 Å². The number of para-hydroxylation sites is 2. The van der Waals surface area contributed by atoms with E-state index in [0.717, 1.165) is 37.1 Å². The first kappa shape index (κ1) is 20.9. The van der Waals surface area contributed by atoms with Gasteiger partial charge in [0.15, 0.2) is 0 Å². The minimum atomic E-state index is -0.938. The largest absolute Gasteiger partial charge is 0.480 e. The average molecular weight is 397 g/mol. The predicted octanol–water partition coefficient (Wildman–Crippen LogP) is 4.87. The molecule has 29 heavy (non-hydrogen) atoms. The summed E-state index contributed by atoms with van der Waals surface area (Å²) < 4.78 is 10.9. The van der Waals surface area contributed by atoms with E-state index in [2.05, 4.69) is 0 Å². The molecule has 0 spiro atoms. The first-order valence-electron chi connectivity index (χ1n) is 10.00. The van der Waals surface area contributed by atoms with E-state index in [1.807, 2.05) is 60.7 Å². The Kier molecular flexibility index (Phi) is 7.64. The van der Waals surface area contributed by atoms with Crippen LogP contribution in [-0.2, 0) is 14.3 Å². The number of carboxylic acid groups (broad SMARTS) is 1. The topological polar surface area (TPSA) is 76.1 Å². The van der Waals surface area contributed by atoms with Crippen molar-refractivity contribution in [1.82, 2.24) is 0 Å². The lowest BCUT2D eigenvalue weighted by atomic mass is 9.83. The van der Waals surface area contributed by atoms with Crippen molar-refractivity contribution in [3.8, 4) is 0 Å². The number of benzene rings is 2. The van der Waals surface area contributed by atoms with E-state index < -0.39 is 5.97 Å². The molecule has 1 fully saturated rings. The number of amides is 1. The standard InChI is InChI=1S/C23H27NO5/c25-22(26)17-28-15-18-11-13-19(14-12-18)16-29-23(27)24(20-7-3-1-4-8-20)21-9-5-2-6-10-21/h1-10,18-19H,11-17H2,(H,25,26)/t18-,19-. The molecule has 0 bridgehead atoms. The lowest BCUT2D eigenvalue weighted by Crippen LogP contribution is -2.30. The summed E-state index contributed by atoms with van der Waals surface area (Å²) in [7, 11) is 0. The molecule has 0 saturated heterocycles. The van der Waals surface area contributed by atoms with Crippen LogP contribution in [0.15, 0.2) is 60.7 Å². The molecule has 154 valence electrons. The molecule has 0 aromatic heterocycles. The Morgan fingerprint density at radius 2 is 1.31 bits per heavy atom. The van der Waals surface area contributed by atoms with Crippen molar-refractivity contribution in [2.24, 2.45) is 11.8 Å². The van der Waals surface area contributed by atoms with Crippen LogP contribution in [0.5, 0.6) is 0 Å². The first-order chi connectivity index (χ1) is 14.1. The van der Waals surface area contributed by atoms with Crippen molar-refractivity contribution in [3.63, 3.8) is 0 Å². The number of aliphatic carboxylic acids is 1. The Hall–Kier alpha value is -2.86. The van der Waals surface area contributed by atoms with Gasteiger partial charge in [0.1, 0.15) is 6.61 Å². The Morgan fingerprint density at radius 3 is 1.79 bits per heavy atom. The predicted molar refractivity (Wildman–Crippen MR) is 110 cm³/mol. The maximum Gasteiger partial charge on any atom is 0.418 e. The number of hydrogen-bond donors (Lipinski definition) is 1. The van der Waals surface area contributed by atoms with Crippen LogP contribution in [0.3, 0.4) is 0 Å². The van der Waals surface area contributed by atoms with E-state index in [-0.39, 0.29) is 12.7 Å². The zero-order valence-electron chi connectivity index (χ0n) is 16.4. The van der Waals surface area contributed by atoms with Gasteiger partial charge < -0.3 is 14.6 Å². The van der Waals surface area contributed by atoms with Crippen LogP contribution >= 0.6 is 0 Å². The van der Waals surface area contributed by atoms with Crippen molar-refractivity contribution in [2.75, 3.05) is 24.7 Å². The van der Waals surface area contributed by atoms with Gasteiger partial charge in [-0.25, -0.2) is 14.5 Å². The molecule has 0 heterocycles. The zero-order valence-corrected chi connectivity index (χ0v) is 16.4. The van der Waals surface area contributed by atoms with Gasteiger partial charge in [0.25, 0.3) is 0 Å². The third-order valence-corrected chi connectivity index (χ3v) is 5.20. The highest BCUT2D eigenvalue weighted by molar-refractivity contribution is 5.95. The van der Waals surface area contributed by atoms with Crippen LogP contribution in [0.4, 0.5) is 16.2 Å². The van der Waals surface area contributed by atoms with E-state index in [0.29, 0.717) is 25.0 Å². The van der Waals surface area contributed by atoms with E-state index in [1.165, 1.54) is 0 Å². The number of nitrogens with zero attached hydrogens (tertiary/aromatic N) is 1. The molecule has 0 radical (unpaired) electrons. The summed E-state index contributed by atoms with van der Waals surface area (Å²) >= 11 is 0. The van der Waals surface area contributed by atoms with Crippen molar-refractivity contribution < 1.29 is 24.2 Å². The van der Waals surface area contributed by atoms with Crippen LogP contribution in [-0.4, -0.2) is 37.0 Å². The Labute approximate surface area is 171 Å². The van der Waals surface area contributed by atoms with Crippen LogP contribution in [0, 0.1) is 11.8 Å². The molecule has 1 amide bonds. The fraction of sp³-hybridized carbons (Fsp3) is 0.391. The van der Waals surface area contributed by atoms with Crippen LogP contribution in [0.2, 0.25) is 0 Å². The van der Waals surface area contributed by atoms with Crippen molar-refractivity contribution in [2.45, 2.75) is 25.7 Å². The average Bonchev–Trinajstić information content (AvgIpc) is 2.75. The van der Waals surface area contributed by atoms with Crippen molar-refractivity contribution >= 4 is 23.4 Å². The van der Waals surface area contributed by atoms with Gasteiger partial charge in [-0.1, -0.05) is 36.4 Å². The molecule has 2 aromatic carbocycles. The monoisotopic (exact) mass is 397 g/mol. The van der Waals surface area contributed by atoms with Gasteiger partial charge in [-0.2, -0.15) is 0 Å². The summed E-state index contributed by atoms with van der Waals surface area (Å²) in [5.74, 6) is -0.235. The summed E-state index contributed by atoms with van der Waals surface area (Å²) in [4.78, 5) is 25.0. The molecule has 6 nitrogen and oxygen atoms in total. The van der Waals surface area contributed by atoms with Gasteiger partial charge in [-0.15, -0.1) is 0 Å². The molecule has 6 heteroatoms. The van der Waals surface area contributed by atoms with Crippen molar-refractivity contribution in [1.29, 1.82) is 0 Å². The maximum atomic E-state index is 12.9. The molecule has 0 unspecified atom stereocenters. The second-order valence-corrected chi connectivity index (χ2v) is 7.38. The molecular weight excluding hydrogens is 370 g/mol. The number of anilines is 2. The summed E-state index contributed by atoms with van der Waals surface area (Å²) in [5.41, 5.74) is 1.53. The molecule has 1 N–H and O–H groups in total. The van der Waals surface area contributed by atoms with Gasteiger partial charge in [-0.3, -0.25) is 0 Å². The molecule has 0 atom stereocenters. The molecule has 1 saturated carbocycles. The van der Waals surface area contributed by atoms with Crippen LogP contribution < -0.4 is 4.90 Å². The minimum absolute atomic E-state index is 0.244. The number of rotatable bonds is 8. The van der Waals surface area contributed by atoms with E-state index in [9.17, 15) is 9.59 Å². The summed E-state index contributed by atoms with van der Waals surface area (Å²) in [5, 5.41) is 8.64. The highest BCUT2D eigenvalue weighted by Gasteiger charge is 2.25. The molecule has 2 aromatic rings. The fourth-order valence-corrected chi connectivity index (χ4v) is 3.65. The van der Waals surface area contributed by atoms with Crippen LogP contribution in [0.1, 0.15) is 25.7 Å². The van der Waals surface area contributed by atoms with Crippen molar-refractivity contribution in [3.05, 3.63) is 60.7 Å². The number of ether oxygens (including phenoxy) is 2. The second kappa shape index (κ2) is 10.6. The lowest BCUT2D eigenvalue weighted by Gasteiger charge is -2.29. The molecule has 0 aliphatic heterocycles. The summed E-state index contributed by atoms with van der Waals surface area (Å²) in [6.07, 6.45) is 3.44. The Bertz CT molecular complexity index is 733. The van der Waals surface area contributed by atoms with Gasteiger partial charge in [0, 0.05) is 0 Å². The maximum absolute atomic E-state index is 12.9. The van der Waals surface area contributed by atoms with Gasteiger partial charge in [0.05, 0.1) is 24.6 Å².